The van der Waals surface area contributed by atoms with Crippen molar-refractivity contribution in [2.24, 2.45) is 0 Å². The number of halogens is 2. The van der Waals surface area contributed by atoms with E-state index < -0.39 is 6.17 Å². The average molecular weight is 304 g/mol. The van der Waals surface area contributed by atoms with Gasteiger partial charge in [0.15, 0.2) is 0 Å². The summed E-state index contributed by atoms with van der Waals surface area (Å²) in [7, 11) is 0. The fraction of sp³-hybridized carbons (Fsp3) is 0.615. The maximum atomic E-state index is 13.5. The smallest absolute Gasteiger partial charge is 0.213 e. The molecule has 0 aliphatic carbocycles. The first-order chi connectivity index (χ1) is 8.22. The molecule has 1 aromatic heterocycles. The number of alkyl halides is 2. The molecular formula is C13H19BrFNO. The van der Waals surface area contributed by atoms with Crippen LogP contribution in [0.5, 0.6) is 5.88 Å². The van der Waals surface area contributed by atoms with Gasteiger partial charge in [-0.3, -0.25) is 0 Å². The fourth-order valence-corrected chi connectivity index (χ4v) is 2.41. The SMILES string of the molecule is CCCC(Br)CC(F)CCOc1ccccn1. The van der Waals surface area contributed by atoms with Gasteiger partial charge < -0.3 is 4.74 Å². The van der Waals surface area contributed by atoms with Crippen molar-refractivity contribution in [3.8, 4) is 5.88 Å². The zero-order valence-electron chi connectivity index (χ0n) is 10.1. The first-order valence-corrected chi connectivity index (χ1v) is 6.96. The predicted octanol–water partition coefficient (Wildman–Crippen LogP) is 4.14. The zero-order chi connectivity index (χ0) is 12.5. The summed E-state index contributed by atoms with van der Waals surface area (Å²) in [6.07, 6.45) is 3.92. The molecule has 0 bridgehead atoms. The van der Waals surface area contributed by atoms with Crippen molar-refractivity contribution in [2.75, 3.05) is 6.61 Å². The molecule has 0 aromatic carbocycles. The summed E-state index contributed by atoms with van der Waals surface area (Å²) in [5, 5.41) is 0. The van der Waals surface area contributed by atoms with Crippen molar-refractivity contribution in [1.29, 1.82) is 0 Å². The van der Waals surface area contributed by atoms with Gasteiger partial charge in [-0.2, -0.15) is 0 Å². The van der Waals surface area contributed by atoms with E-state index in [2.05, 4.69) is 27.8 Å². The Hall–Kier alpha value is -0.640. The second-order valence-corrected chi connectivity index (χ2v) is 5.32. The second kappa shape index (κ2) is 8.45. The molecule has 1 heterocycles. The minimum absolute atomic E-state index is 0.275. The van der Waals surface area contributed by atoms with Crippen LogP contribution >= 0.6 is 15.9 Å². The Balaban J connectivity index is 2.14. The van der Waals surface area contributed by atoms with E-state index in [1.165, 1.54) is 0 Å². The quantitative estimate of drug-likeness (QED) is 0.673. The fourth-order valence-electron chi connectivity index (χ4n) is 1.55. The van der Waals surface area contributed by atoms with Crippen molar-refractivity contribution >= 4 is 15.9 Å². The lowest BCUT2D eigenvalue weighted by Gasteiger charge is -2.12. The van der Waals surface area contributed by atoms with E-state index in [4.69, 9.17) is 4.74 Å². The van der Waals surface area contributed by atoms with Crippen molar-refractivity contribution in [2.45, 2.75) is 43.6 Å². The van der Waals surface area contributed by atoms with Crippen LogP contribution in [0, 0.1) is 0 Å². The summed E-state index contributed by atoms with van der Waals surface area (Å²) in [5.41, 5.74) is 0. The molecule has 1 rings (SSSR count). The van der Waals surface area contributed by atoms with Crippen LogP contribution in [0.3, 0.4) is 0 Å². The first-order valence-electron chi connectivity index (χ1n) is 6.04. The van der Waals surface area contributed by atoms with E-state index in [1.807, 2.05) is 12.1 Å². The van der Waals surface area contributed by atoms with E-state index in [0.29, 0.717) is 25.3 Å². The van der Waals surface area contributed by atoms with Gasteiger partial charge in [0, 0.05) is 23.5 Å². The third-order valence-corrected chi connectivity index (χ3v) is 3.26. The van der Waals surface area contributed by atoms with E-state index in [-0.39, 0.29) is 4.83 Å². The van der Waals surface area contributed by atoms with E-state index in [9.17, 15) is 4.39 Å². The molecule has 2 unspecified atom stereocenters. The third-order valence-electron chi connectivity index (χ3n) is 2.43. The van der Waals surface area contributed by atoms with Gasteiger partial charge in [0.2, 0.25) is 5.88 Å². The van der Waals surface area contributed by atoms with Gasteiger partial charge in [-0.25, -0.2) is 9.37 Å². The average Bonchev–Trinajstić information content (AvgIpc) is 2.30. The normalized spacial score (nSPS) is 14.3. The van der Waals surface area contributed by atoms with E-state index >= 15 is 0 Å². The molecule has 0 radical (unpaired) electrons. The van der Waals surface area contributed by atoms with Gasteiger partial charge in [-0.15, -0.1) is 0 Å². The summed E-state index contributed by atoms with van der Waals surface area (Å²) >= 11 is 3.48. The lowest BCUT2D eigenvalue weighted by Crippen LogP contribution is -2.13. The van der Waals surface area contributed by atoms with Gasteiger partial charge in [0.05, 0.1) is 6.61 Å². The summed E-state index contributed by atoms with van der Waals surface area (Å²) < 4.78 is 18.9. The predicted molar refractivity (Wildman–Crippen MR) is 71.5 cm³/mol. The number of hydrogen-bond acceptors (Lipinski definition) is 2. The van der Waals surface area contributed by atoms with Gasteiger partial charge >= 0.3 is 0 Å². The third kappa shape index (κ3) is 6.61. The van der Waals surface area contributed by atoms with E-state index in [0.717, 1.165) is 12.8 Å². The Kier molecular flexibility index (Phi) is 7.17. The Morgan fingerprint density at radius 1 is 1.41 bits per heavy atom. The van der Waals surface area contributed by atoms with E-state index in [1.54, 1.807) is 12.3 Å². The Bertz CT molecular complexity index is 297. The number of hydrogen-bond donors (Lipinski definition) is 0. The van der Waals surface area contributed by atoms with Crippen LogP contribution in [0.2, 0.25) is 0 Å². The molecule has 17 heavy (non-hydrogen) atoms. The highest BCUT2D eigenvalue weighted by Crippen LogP contribution is 2.18. The number of ether oxygens (including phenoxy) is 1. The van der Waals surface area contributed by atoms with Gasteiger partial charge in [-0.05, 0) is 18.9 Å². The Labute approximate surface area is 111 Å². The molecule has 2 atom stereocenters. The second-order valence-electron chi connectivity index (χ2n) is 4.02. The van der Waals surface area contributed by atoms with Crippen LogP contribution in [0.15, 0.2) is 24.4 Å². The molecule has 0 aliphatic rings. The highest BCUT2D eigenvalue weighted by Gasteiger charge is 2.12. The van der Waals surface area contributed by atoms with Gasteiger partial charge in [0.25, 0.3) is 0 Å². The molecule has 0 amide bonds. The molecule has 0 saturated carbocycles. The Morgan fingerprint density at radius 3 is 2.88 bits per heavy atom. The maximum Gasteiger partial charge on any atom is 0.213 e. The Morgan fingerprint density at radius 2 is 2.24 bits per heavy atom. The van der Waals surface area contributed by atoms with Crippen LogP contribution in [0.4, 0.5) is 4.39 Å². The van der Waals surface area contributed by atoms with Crippen LogP contribution in [0.25, 0.3) is 0 Å². The molecule has 96 valence electrons. The minimum Gasteiger partial charge on any atom is -0.478 e. The van der Waals surface area contributed by atoms with Gasteiger partial charge in [0.1, 0.15) is 6.17 Å². The summed E-state index contributed by atoms with van der Waals surface area (Å²) in [6, 6.07) is 5.45. The van der Waals surface area contributed by atoms with Crippen LogP contribution in [-0.2, 0) is 0 Å². The lowest BCUT2D eigenvalue weighted by atomic mass is 10.1. The van der Waals surface area contributed by atoms with Crippen molar-refractivity contribution in [3.05, 3.63) is 24.4 Å². The molecule has 1 aromatic rings. The van der Waals surface area contributed by atoms with Crippen LogP contribution in [-0.4, -0.2) is 22.6 Å². The highest BCUT2D eigenvalue weighted by molar-refractivity contribution is 9.09. The van der Waals surface area contributed by atoms with Crippen molar-refractivity contribution in [1.82, 2.24) is 4.98 Å². The standard InChI is InChI=1S/C13H19BrFNO/c1-2-5-11(14)10-12(15)7-9-17-13-6-3-4-8-16-13/h3-4,6,8,11-12H,2,5,7,9-10H2,1H3. The molecule has 0 fully saturated rings. The molecule has 0 saturated heterocycles. The number of aromatic nitrogens is 1. The van der Waals surface area contributed by atoms with Gasteiger partial charge in [-0.1, -0.05) is 35.3 Å². The molecule has 0 N–H and O–H groups in total. The lowest BCUT2D eigenvalue weighted by molar-refractivity contribution is 0.220. The van der Waals surface area contributed by atoms with Crippen molar-refractivity contribution < 1.29 is 9.13 Å². The molecule has 2 nitrogen and oxygen atoms in total. The topological polar surface area (TPSA) is 22.1 Å². The summed E-state index contributed by atoms with van der Waals surface area (Å²) in [5.74, 6) is 0.559. The monoisotopic (exact) mass is 303 g/mol. The zero-order valence-corrected chi connectivity index (χ0v) is 11.7. The minimum atomic E-state index is -0.811. The van der Waals surface area contributed by atoms with Crippen molar-refractivity contribution in [3.63, 3.8) is 0 Å². The highest BCUT2D eigenvalue weighted by atomic mass is 79.9. The molecule has 4 heteroatoms. The summed E-state index contributed by atoms with van der Waals surface area (Å²) in [4.78, 5) is 4.29. The van der Waals surface area contributed by atoms with Crippen LogP contribution < -0.4 is 4.74 Å². The number of pyridine rings is 1. The molecular weight excluding hydrogens is 285 g/mol. The summed E-state index contributed by atoms with van der Waals surface area (Å²) in [6.45, 7) is 2.48. The maximum absolute atomic E-state index is 13.5. The van der Waals surface area contributed by atoms with Crippen LogP contribution in [0.1, 0.15) is 32.6 Å². The molecule has 0 spiro atoms. The largest absolute Gasteiger partial charge is 0.478 e. The number of rotatable bonds is 8. The molecule has 0 aliphatic heterocycles. The number of nitrogens with zero attached hydrogens (tertiary/aromatic N) is 1. The first kappa shape index (κ1) is 14.4.